The van der Waals surface area contributed by atoms with Gasteiger partial charge in [0.25, 0.3) is 5.91 Å². The molecule has 1 aliphatic rings. The molecule has 4 nitrogen and oxygen atoms in total. The smallest absolute Gasteiger partial charge is 0.269 e. The summed E-state index contributed by atoms with van der Waals surface area (Å²) >= 11 is 1.50. The van der Waals surface area contributed by atoms with Gasteiger partial charge >= 0.3 is 0 Å². The maximum Gasteiger partial charge on any atom is 0.269 e. The van der Waals surface area contributed by atoms with Gasteiger partial charge in [0.05, 0.1) is 4.88 Å². The number of piperidine rings is 1. The third-order valence-corrected chi connectivity index (χ3v) is 6.79. The van der Waals surface area contributed by atoms with Gasteiger partial charge in [-0.05, 0) is 60.4 Å². The molecule has 0 aliphatic carbocycles. The molecule has 3 heterocycles. The second kappa shape index (κ2) is 9.54. The summed E-state index contributed by atoms with van der Waals surface area (Å²) in [6, 6.07) is 18.7. The topological polar surface area (TPSA) is 36.4 Å². The van der Waals surface area contributed by atoms with Gasteiger partial charge in [-0.25, -0.2) is 4.98 Å². The van der Waals surface area contributed by atoms with Crippen molar-refractivity contribution in [3.8, 4) is 0 Å². The van der Waals surface area contributed by atoms with Crippen molar-refractivity contribution in [3.05, 3.63) is 82.2 Å². The second-order valence-corrected chi connectivity index (χ2v) is 9.16. The summed E-state index contributed by atoms with van der Waals surface area (Å²) in [6.07, 6.45) is 3.83. The molecular formula is C25H29N3OS. The molecule has 0 radical (unpaired) electrons. The van der Waals surface area contributed by atoms with E-state index in [0.717, 1.165) is 48.7 Å². The van der Waals surface area contributed by atoms with Gasteiger partial charge in [0.2, 0.25) is 0 Å². The lowest BCUT2D eigenvalue weighted by Crippen LogP contribution is -2.52. The fourth-order valence-corrected chi connectivity index (χ4v) is 4.99. The van der Waals surface area contributed by atoms with E-state index in [4.69, 9.17) is 0 Å². The van der Waals surface area contributed by atoms with E-state index in [1.54, 1.807) is 6.20 Å². The first-order valence-corrected chi connectivity index (χ1v) is 11.6. The summed E-state index contributed by atoms with van der Waals surface area (Å²) in [5, 5.41) is 1.96. The number of rotatable bonds is 6. The zero-order chi connectivity index (χ0) is 20.9. The van der Waals surface area contributed by atoms with E-state index in [1.165, 1.54) is 16.9 Å². The van der Waals surface area contributed by atoms with Crippen molar-refractivity contribution in [2.75, 3.05) is 24.5 Å². The highest BCUT2D eigenvalue weighted by Gasteiger charge is 2.35. The van der Waals surface area contributed by atoms with E-state index in [2.05, 4.69) is 54.1 Å². The SMILES string of the molecule is Cc1ccnc(N(C(=O)c2cccs2)[C@@H]2CCN(CCc3ccccc3)C[C@@H]2C)c1. The molecule has 0 N–H and O–H groups in total. The molecule has 2 aromatic heterocycles. The van der Waals surface area contributed by atoms with Crippen LogP contribution in [0.1, 0.15) is 34.1 Å². The lowest BCUT2D eigenvalue weighted by Gasteiger charge is -2.42. The average molecular weight is 420 g/mol. The first kappa shape index (κ1) is 20.8. The predicted octanol–water partition coefficient (Wildman–Crippen LogP) is 5.05. The minimum atomic E-state index is 0.0673. The van der Waals surface area contributed by atoms with E-state index < -0.39 is 0 Å². The number of likely N-dealkylation sites (tertiary alicyclic amines) is 1. The van der Waals surface area contributed by atoms with Gasteiger partial charge in [-0.15, -0.1) is 11.3 Å². The second-order valence-electron chi connectivity index (χ2n) is 8.21. The number of anilines is 1. The van der Waals surface area contributed by atoms with E-state index >= 15 is 0 Å². The molecule has 2 atom stereocenters. The number of carbonyl (C=O) groups is 1. The Morgan fingerprint density at radius 1 is 1.20 bits per heavy atom. The van der Waals surface area contributed by atoms with Crippen LogP contribution in [0.4, 0.5) is 5.82 Å². The van der Waals surface area contributed by atoms with E-state index in [9.17, 15) is 4.79 Å². The number of carbonyl (C=O) groups excluding carboxylic acids is 1. The van der Waals surface area contributed by atoms with Crippen molar-refractivity contribution >= 4 is 23.1 Å². The Hall–Kier alpha value is -2.50. The Labute approximate surface area is 183 Å². The molecule has 1 saturated heterocycles. The Morgan fingerprint density at radius 2 is 2.03 bits per heavy atom. The molecule has 1 fully saturated rings. The molecule has 30 heavy (non-hydrogen) atoms. The molecule has 1 aliphatic heterocycles. The summed E-state index contributed by atoms with van der Waals surface area (Å²) in [6.45, 7) is 7.38. The van der Waals surface area contributed by atoms with Gasteiger partial charge in [-0.3, -0.25) is 9.69 Å². The Balaban J connectivity index is 1.49. The highest BCUT2D eigenvalue weighted by molar-refractivity contribution is 7.12. The van der Waals surface area contributed by atoms with Crippen LogP contribution in [-0.4, -0.2) is 41.5 Å². The number of pyridine rings is 1. The van der Waals surface area contributed by atoms with Gasteiger partial charge in [0.1, 0.15) is 5.82 Å². The lowest BCUT2D eigenvalue weighted by atomic mass is 9.91. The molecule has 0 spiro atoms. The predicted molar refractivity (Wildman–Crippen MR) is 124 cm³/mol. The zero-order valence-electron chi connectivity index (χ0n) is 17.7. The quantitative estimate of drug-likeness (QED) is 0.561. The number of aromatic nitrogens is 1. The molecule has 0 bridgehead atoms. The van der Waals surface area contributed by atoms with Crippen molar-refractivity contribution in [2.24, 2.45) is 5.92 Å². The number of aryl methyl sites for hydroxylation is 1. The van der Waals surface area contributed by atoms with Gasteiger partial charge in [0, 0.05) is 31.9 Å². The molecule has 0 saturated carbocycles. The minimum absolute atomic E-state index is 0.0673. The van der Waals surface area contributed by atoms with Gasteiger partial charge in [-0.1, -0.05) is 43.3 Å². The van der Waals surface area contributed by atoms with Crippen molar-refractivity contribution in [1.82, 2.24) is 9.88 Å². The van der Waals surface area contributed by atoms with Crippen molar-refractivity contribution in [3.63, 3.8) is 0 Å². The standard InChI is InChI=1S/C25H29N3OS/c1-19-10-13-26-24(17-19)28(25(29)23-9-6-16-30-23)22-12-15-27(18-20(22)2)14-11-21-7-4-3-5-8-21/h3-10,13,16-17,20,22H,11-12,14-15,18H2,1-2H3/t20-,22+/m0/s1. The van der Waals surface area contributed by atoms with Crippen LogP contribution in [0.5, 0.6) is 0 Å². The van der Waals surface area contributed by atoms with Crippen LogP contribution in [0.25, 0.3) is 0 Å². The summed E-state index contributed by atoms with van der Waals surface area (Å²) in [5.74, 6) is 1.21. The van der Waals surface area contributed by atoms with E-state index in [1.807, 2.05) is 34.5 Å². The van der Waals surface area contributed by atoms with Crippen LogP contribution in [0.15, 0.2) is 66.2 Å². The largest absolute Gasteiger partial charge is 0.303 e. The molecule has 3 aromatic rings. The Bertz CT molecular complexity index is 958. The first-order valence-electron chi connectivity index (χ1n) is 10.7. The van der Waals surface area contributed by atoms with E-state index in [0.29, 0.717) is 5.92 Å². The fraction of sp³-hybridized carbons (Fsp3) is 0.360. The van der Waals surface area contributed by atoms with Crippen LogP contribution < -0.4 is 4.90 Å². The van der Waals surface area contributed by atoms with Gasteiger partial charge in [-0.2, -0.15) is 0 Å². The summed E-state index contributed by atoms with van der Waals surface area (Å²) in [5.41, 5.74) is 2.50. The number of benzene rings is 1. The first-order chi connectivity index (χ1) is 14.6. The third-order valence-electron chi connectivity index (χ3n) is 5.93. The van der Waals surface area contributed by atoms with E-state index in [-0.39, 0.29) is 11.9 Å². The maximum absolute atomic E-state index is 13.4. The van der Waals surface area contributed by atoms with Crippen LogP contribution in [-0.2, 0) is 6.42 Å². The average Bonchev–Trinajstić information content (AvgIpc) is 3.30. The summed E-state index contributed by atoms with van der Waals surface area (Å²) < 4.78 is 0. The van der Waals surface area contributed by atoms with Crippen LogP contribution in [0.2, 0.25) is 0 Å². The lowest BCUT2D eigenvalue weighted by molar-refractivity contribution is 0.0935. The molecule has 156 valence electrons. The zero-order valence-corrected chi connectivity index (χ0v) is 18.5. The molecule has 0 unspecified atom stereocenters. The highest BCUT2D eigenvalue weighted by atomic mass is 32.1. The highest BCUT2D eigenvalue weighted by Crippen LogP contribution is 2.29. The minimum Gasteiger partial charge on any atom is -0.303 e. The Morgan fingerprint density at radius 3 is 2.73 bits per heavy atom. The Kier molecular flexibility index (Phi) is 6.60. The maximum atomic E-state index is 13.4. The van der Waals surface area contributed by atoms with Crippen LogP contribution in [0.3, 0.4) is 0 Å². The van der Waals surface area contributed by atoms with Crippen molar-refractivity contribution < 1.29 is 4.79 Å². The molecule has 1 aromatic carbocycles. The number of hydrogen-bond donors (Lipinski definition) is 0. The van der Waals surface area contributed by atoms with Crippen molar-refractivity contribution in [1.29, 1.82) is 0 Å². The van der Waals surface area contributed by atoms with Gasteiger partial charge < -0.3 is 4.90 Å². The molecule has 5 heteroatoms. The number of amides is 1. The molecule has 4 rings (SSSR count). The normalized spacial score (nSPS) is 19.5. The summed E-state index contributed by atoms with van der Waals surface area (Å²) in [7, 11) is 0. The molecular weight excluding hydrogens is 390 g/mol. The van der Waals surface area contributed by atoms with Crippen molar-refractivity contribution in [2.45, 2.75) is 32.7 Å². The van der Waals surface area contributed by atoms with Crippen LogP contribution in [0, 0.1) is 12.8 Å². The number of thiophene rings is 1. The monoisotopic (exact) mass is 419 g/mol. The summed E-state index contributed by atoms with van der Waals surface area (Å²) in [4.78, 5) is 23.3. The fourth-order valence-electron chi connectivity index (χ4n) is 4.33. The third kappa shape index (κ3) is 4.79. The number of hydrogen-bond acceptors (Lipinski definition) is 4. The number of nitrogens with zero attached hydrogens (tertiary/aromatic N) is 3. The van der Waals surface area contributed by atoms with Crippen LogP contribution >= 0.6 is 11.3 Å². The molecule has 1 amide bonds. The van der Waals surface area contributed by atoms with Gasteiger partial charge in [0.15, 0.2) is 0 Å².